The van der Waals surface area contributed by atoms with E-state index in [2.05, 4.69) is 20.9 Å². The normalized spacial score (nSPS) is 21.1. The van der Waals surface area contributed by atoms with E-state index in [9.17, 15) is 0 Å². The lowest BCUT2D eigenvalue weighted by Crippen LogP contribution is -2.38. The second-order valence-electron chi connectivity index (χ2n) is 5.95. The molecule has 4 heteroatoms. The standard InChI is InChI=1S/C16H22N4/c17-12-15-3-6-18-16(11-15)20-9-4-14(5-10-20)13-19-7-1-2-8-19/h3,6,11,14H,1-2,4-5,7-10,13H2. The van der Waals surface area contributed by atoms with Crippen molar-refractivity contribution in [2.75, 3.05) is 37.6 Å². The Bertz CT molecular complexity index is 479. The molecule has 2 aliphatic rings. The van der Waals surface area contributed by atoms with E-state index < -0.39 is 0 Å². The number of nitriles is 1. The Balaban J connectivity index is 1.53. The molecule has 2 fully saturated rings. The highest BCUT2D eigenvalue weighted by Crippen LogP contribution is 2.24. The third-order valence-corrected chi connectivity index (χ3v) is 4.53. The van der Waals surface area contributed by atoms with Crippen LogP contribution >= 0.6 is 0 Å². The molecule has 0 atom stereocenters. The van der Waals surface area contributed by atoms with Crippen molar-refractivity contribution in [3.8, 4) is 6.07 Å². The molecule has 2 saturated heterocycles. The Hall–Kier alpha value is -1.60. The largest absolute Gasteiger partial charge is 0.357 e. The summed E-state index contributed by atoms with van der Waals surface area (Å²) in [4.78, 5) is 9.34. The topological polar surface area (TPSA) is 43.2 Å². The molecule has 0 aromatic carbocycles. The SMILES string of the molecule is N#Cc1ccnc(N2CCC(CN3CCCC3)CC2)c1. The molecule has 1 aromatic heterocycles. The van der Waals surface area contributed by atoms with Gasteiger partial charge in [0, 0.05) is 25.8 Å². The molecule has 2 aliphatic heterocycles. The van der Waals surface area contributed by atoms with Crippen molar-refractivity contribution in [1.82, 2.24) is 9.88 Å². The second-order valence-corrected chi connectivity index (χ2v) is 5.95. The van der Waals surface area contributed by atoms with Gasteiger partial charge in [-0.2, -0.15) is 5.26 Å². The Morgan fingerprint density at radius 1 is 1.20 bits per heavy atom. The zero-order chi connectivity index (χ0) is 13.8. The first-order valence-electron chi connectivity index (χ1n) is 7.68. The molecule has 0 unspecified atom stereocenters. The molecule has 20 heavy (non-hydrogen) atoms. The maximum absolute atomic E-state index is 8.96. The second kappa shape index (κ2) is 6.23. The van der Waals surface area contributed by atoms with E-state index in [1.165, 1.54) is 45.3 Å². The van der Waals surface area contributed by atoms with Gasteiger partial charge in [-0.3, -0.25) is 0 Å². The Labute approximate surface area is 121 Å². The van der Waals surface area contributed by atoms with Crippen LogP contribution in [-0.2, 0) is 0 Å². The van der Waals surface area contributed by atoms with Crippen molar-refractivity contribution in [2.24, 2.45) is 5.92 Å². The summed E-state index contributed by atoms with van der Waals surface area (Å²) in [6, 6.07) is 5.86. The van der Waals surface area contributed by atoms with E-state index in [1.807, 2.05) is 6.07 Å². The summed E-state index contributed by atoms with van der Waals surface area (Å²) in [5.41, 5.74) is 0.703. The average Bonchev–Trinajstić information content (AvgIpc) is 3.01. The van der Waals surface area contributed by atoms with Gasteiger partial charge in [0.05, 0.1) is 11.6 Å². The lowest BCUT2D eigenvalue weighted by atomic mass is 9.96. The van der Waals surface area contributed by atoms with Gasteiger partial charge in [0.15, 0.2) is 0 Å². The van der Waals surface area contributed by atoms with E-state index in [0.717, 1.165) is 24.8 Å². The summed E-state index contributed by atoms with van der Waals surface area (Å²) in [6.07, 6.45) is 6.99. The van der Waals surface area contributed by atoms with E-state index in [0.29, 0.717) is 5.56 Å². The highest BCUT2D eigenvalue weighted by Gasteiger charge is 2.23. The first-order chi connectivity index (χ1) is 9.85. The predicted molar refractivity (Wildman–Crippen MR) is 79.6 cm³/mol. The summed E-state index contributed by atoms with van der Waals surface area (Å²) in [5, 5.41) is 8.96. The van der Waals surface area contributed by atoms with Gasteiger partial charge in [-0.05, 0) is 56.8 Å². The van der Waals surface area contributed by atoms with Gasteiger partial charge in [-0.15, -0.1) is 0 Å². The van der Waals surface area contributed by atoms with Crippen LogP contribution in [0.15, 0.2) is 18.3 Å². The molecule has 0 bridgehead atoms. The fourth-order valence-electron chi connectivity index (χ4n) is 3.34. The summed E-state index contributed by atoms with van der Waals surface area (Å²) in [5.74, 6) is 1.80. The van der Waals surface area contributed by atoms with E-state index >= 15 is 0 Å². The molecule has 0 aliphatic carbocycles. The molecule has 0 spiro atoms. The van der Waals surface area contributed by atoms with Crippen LogP contribution in [0, 0.1) is 17.2 Å². The number of rotatable bonds is 3. The van der Waals surface area contributed by atoms with Crippen LogP contribution in [0.4, 0.5) is 5.82 Å². The number of pyridine rings is 1. The van der Waals surface area contributed by atoms with Crippen LogP contribution < -0.4 is 4.90 Å². The zero-order valence-corrected chi connectivity index (χ0v) is 12.0. The fourth-order valence-corrected chi connectivity index (χ4v) is 3.34. The maximum Gasteiger partial charge on any atom is 0.129 e. The maximum atomic E-state index is 8.96. The predicted octanol–water partition coefficient (Wildman–Crippen LogP) is 2.27. The Kier molecular flexibility index (Phi) is 4.17. The quantitative estimate of drug-likeness (QED) is 0.845. The van der Waals surface area contributed by atoms with Crippen LogP contribution in [0.2, 0.25) is 0 Å². The summed E-state index contributed by atoms with van der Waals surface area (Å²) < 4.78 is 0. The van der Waals surface area contributed by atoms with Crippen LogP contribution in [-0.4, -0.2) is 42.6 Å². The monoisotopic (exact) mass is 270 g/mol. The van der Waals surface area contributed by atoms with E-state index in [4.69, 9.17) is 5.26 Å². The summed E-state index contributed by atoms with van der Waals surface area (Å²) >= 11 is 0. The average molecular weight is 270 g/mol. The molecule has 3 rings (SSSR count). The van der Waals surface area contributed by atoms with Gasteiger partial charge in [-0.25, -0.2) is 4.98 Å². The van der Waals surface area contributed by atoms with Gasteiger partial charge in [0.2, 0.25) is 0 Å². The van der Waals surface area contributed by atoms with Gasteiger partial charge >= 0.3 is 0 Å². The van der Waals surface area contributed by atoms with Gasteiger partial charge in [-0.1, -0.05) is 0 Å². The molecular weight excluding hydrogens is 248 g/mol. The van der Waals surface area contributed by atoms with Crippen molar-refractivity contribution in [2.45, 2.75) is 25.7 Å². The molecule has 0 N–H and O–H groups in total. The van der Waals surface area contributed by atoms with Crippen molar-refractivity contribution in [3.63, 3.8) is 0 Å². The summed E-state index contributed by atoms with van der Waals surface area (Å²) in [6.45, 7) is 6.01. The van der Waals surface area contributed by atoms with E-state index in [-0.39, 0.29) is 0 Å². The lowest BCUT2D eigenvalue weighted by Gasteiger charge is -2.34. The Morgan fingerprint density at radius 3 is 2.65 bits per heavy atom. The van der Waals surface area contributed by atoms with Gasteiger partial charge < -0.3 is 9.80 Å². The highest BCUT2D eigenvalue weighted by atomic mass is 15.2. The fraction of sp³-hybridized carbons (Fsp3) is 0.625. The van der Waals surface area contributed by atoms with Crippen LogP contribution in [0.1, 0.15) is 31.2 Å². The molecular formula is C16H22N4. The minimum atomic E-state index is 0.703. The smallest absolute Gasteiger partial charge is 0.129 e. The van der Waals surface area contributed by atoms with Crippen LogP contribution in [0.3, 0.4) is 0 Å². The molecule has 0 saturated carbocycles. The van der Waals surface area contributed by atoms with Crippen molar-refractivity contribution in [3.05, 3.63) is 23.9 Å². The molecule has 4 nitrogen and oxygen atoms in total. The number of nitrogens with zero attached hydrogens (tertiary/aromatic N) is 4. The first-order valence-corrected chi connectivity index (χ1v) is 7.68. The van der Waals surface area contributed by atoms with Crippen LogP contribution in [0.5, 0.6) is 0 Å². The number of aromatic nitrogens is 1. The first kappa shape index (κ1) is 13.4. The van der Waals surface area contributed by atoms with Crippen molar-refractivity contribution in [1.29, 1.82) is 5.26 Å². The number of piperidine rings is 1. The van der Waals surface area contributed by atoms with Gasteiger partial charge in [0.1, 0.15) is 5.82 Å². The summed E-state index contributed by atoms with van der Waals surface area (Å²) in [7, 11) is 0. The minimum Gasteiger partial charge on any atom is -0.357 e. The third-order valence-electron chi connectivity index (χ3n) is 4.53. The highest BCUT2D eigenvalue weighted by molar-refractivity contribution is 5.45. The molecule has 1 aromatic rings. The van der Waals surface area contributed by atoms with Crippen molar-refractivity contribution < 1.29 is 0 Å². The van der Waals surface area contributed by atoms with Gasteiger partial charge in [0.25, 0.3) is 0 Å². The third kappa shape index (κ3) is 3.10. The molecule has 106 valence electrons. The lowest BCUT2D eigenvalue weighted by molar-refractivity contribution is 0.249. The number of anilines is 1. The Morgan fingerprint density at radius 2 is 1.95 bits per heavy atom. The molecule has 3 heterocycles. The van der Waals surface area contributed by atoms with Crippen molar-refractivity contribution >= 4 is 5.82 Å². The number of likely N-dealkylation sites (tertiary alicyclic amines) is 1. The molecule has 0 radical (unpaired) electrons. The van der Waals surface area contributed by atoms with Crippen LogP contribution in [0.25, 0.3) is 0 Å². The molecule has 0 amide bonds. The number of hydrogen-bond donors (Lipinski definition) is 0. The minimum absolute atomic E-state index is 0.703. The van der Waals surface area contributed by atoms with E-state index in [1.54, 1.807) is 12.3 Å². The number of hydrogen-bond acceptors (Lipinski definition) is 4. The zero-order valence-electron chi connectivity index (χ0n) is 12.0.